The molecule has 0 fully saturated rings. The summed E-state index contributed by atoms with van der Waals surface area (Å²) in [4.78, 5) is 28.1. The van der Waals surface area contributed by atoms with E-state index in [1.165, 1.54) is 4.90 Å². The van der Waals surface area contributed by atoms with E-state index in [4.69, 9.17) is 4.74 Å². The molecule has 0 radical (unpaired) electrons. The average Bonchev–Trinajstić information content (AvgIpc) is 2.97. The number of amides is 2. The molecule has 0 saturated carbocycles. The number of carbonyl (C=O) groups is 2. The van der Waals surface area contributed by atoms with E-state index < -0.39 is 0 Å². The molecule has 0 N–H and O–H groups in total. The number of anilines is 1. The molecule has 0 unspecified atom stereocenters. The van der Waals surface area contributed by atoms with E-state index in [0.29, 0.717) is 24.3 Å². The fraction of sp³-hybridized carbons (Fsp3) is 0.182. The monoisotopic (exact) mass is 396 g/mol. The third-order valence-corrected chi connectivity index (χ3v) is 4.73. The van der Waals surface area contributed by atoms with E-state index in [0.717, 1.165) is 5.69 Å². The third kappa shape index (κ3) is 3.86. The van der Waals surface area contributed by atoms with Crippen molar-refractivity contribution < 1.29 is 14.3 Å². The predicted molar refractivity (Wildman–Crippen MR) is 111 cm³/mol. The Morgan fingerprint density at radius 1 is 0.857 bits per heavy atom. The number of hydrogen-bond donors (Lipinski definition) is 0. The van der Waals surface area contributed by atoms with Crippen molar-refractivity contribution in [1.82, 2.24) is 4.90 Å². The molecule has 0 spiro atoms. The molecular weight excluding hydrogens is 376 g/mol. The van der Waals surface area contributed by atoms with Crippen LogP contribution in [-0.2, 0) is 4.74 Å². The Labute approximate surface area is 170 Å². The van der Waals surface area contributed by atoms with Gasteiger partial charge in [0.1, 0.15) is 0 Å². The standard InChI is InChI=1S/C22H20N2O3.ClH/c25-21-19-11-4-5-12-20(19)22(26)24(21)14-15-27-16-18-10-6-7-13-23(18)17-8-2-1-3-9-17;/h1-13,18H,14-16H2;1H/t18-;/m0./s1. The number of benzene rings is 2. The quantitative estimate of drug-likeness (QED) is 0.552. The van der Waals surface area contributed by atoms with Crippen molar-refractivity contribution in [1.29, 1.82) is 0 Å². The Kier molecular flexibility index (Phi) is 6.29. The van der Waals surface area contributed by atoms with Gasteiger partial charge in [-0.3, -0.25) is 14.5 Å². The van der Waals surface area contributed by atoms with Gasteiger partial charge in [-0.2, -0.15) is 0 Å². The largest absolute Gasteiger partial charge is 0.377 e. The first-order valence-electron chi connectivity index (χ1n) is 8.97. The van der Waals surface area contributed by atoms with Gasteiger partial charge in [0, 0.05) is 11.9 Å². The molecule has 2 aliphatic rings. The maximum atomic E-state index is 12.4. The SMILES string of the molecule is Cl.O=C1c2ccccc2C(=O)N1CCOC[C@@H]1C=CC=CN1c1ccccc1. The van der Waals surface area contributed by atoms with Gasteiger partial charge in [0.25, 0.3) is 11.8 Å². The zero-order valence-electron chi connectivity index (χ0n) is 15.2. The highest BCUT2D eigenvalue weighted by molar-refractivity contribution is 6.21. The molecule has 1 atom stereocenters. The number of para-hydroxylation sites is 1. The number of rotatable bonds is 6. The fourth-order valence-corrected chi connectivity index (χ4v) is 3.35. The van der Waals surface area contributed by atoms with E-state index >= 15 is 0 Å². The number of imide groups is 1. The van der Waals surface area contributed by atoms with Crippen LogP contribution in [0.25, 0.3) is 0 Å². The maximum Gasteiger partial charge on any atom is 0.261 e. The van der Waals surface area contributed by atoms with Gasteiger partial charge in [-0.15, -0.1) is 12.4 Å². The topological polar surface area (TPSA) is 49.9 Å². The van der Waals surface area contributed by atoms with Crippen molar-refractivity contribution in [3.05, 3.63) is 90.2 Å². The van der Waals surface area contributed by atoms with E-state index in [1.807, 2.05) is 36.6 Å². The molecule has 2 aromatic carbocycles. The average molecular weight is 397 g/mol. The van der Waals surface area contributed by atoms with Crippen molar-refractivity contribution >= 4 is 29.9 Å². The van der Waals surface area contributed by atoms with Gasteiger partial charge in [-0.05, 0) is 30.3 Å². The normalized spacial score (nSPS) is 17.6. The third-order valence-electron chi connectivity index (χ3n) is 4.73. The Morgan fingerprint density at radius 2 is 1.50 bits per heavy atom. The van der Waals surface area contributed by atoms with E-state index in [-0.39, 0.29) is 36.8 Å². The van der Waals surface area contributed by atoms with Crippen LogP contribution in [0.1, 0.15) is 20.7 Å². The van der Waals surface area contributed by atoms with Crippen molar-refractivity contribution in [3.8, 4) is 0 Å². The highest BCUT2D eigenvalue weighted by atomic mass is 35.5. The first-order chi connectivity index (χ1) is 13.3. The molecular formula is C22H21ClN2O3. The van der Waals surface area contributed by atoms with Gasteiger partial charge in [0.2, 0.25) is 0 Å². The summed E-state index contributed by atoms with van der Waals surface area (Å²) in [7, 11) is 0. The van der Waals surface area contributed by atoms with Gasteiger partial charge in [0.15, 0.2) is 0 Å². The molecule has 6 heteroatoms. The number of carbonyl (C=O) groups excluding carboxylic acids is 2. The number of fused-ring (bicyclic) bond motifs is 1. The van der Waals surface area contributed by atoms with Crippen molar-refractivity contribution in [2.45, 2.75) is 6.04 Å². The number of allylic oxidation sites excluding steroid dienone is 2. The number of ether oxygens (including phenoxy) is 1. The lowest BCUT2D eigenvalue weighted by Crippen LogP contribution is -2.37. The zero-order chi connectivity index (χ0) is 18.6. The Hall–Kier alpha value is -2.89. The molecule has 5 nitrogen and oxygen atoms in total. The minimum atomic E-state index is -0.245. The summed E-state index contributed by atoms with van der Waals surface area (Å²) in [5, 5.41) is 0. The van der Waals surface area contributed by atoms with Crippen LogP contribution in [0.5, 0.6) is 0 Å². The molecule has 2 aromatic rings. The van der Waals surface area contributed by atoms with E-state index in [2.05, 4.69) is 23.1 Å². The second kappa shape index (κ2) is 8.87. The van der Waals surface area contributed by atoms with Crippen molar-refractivity contribution in [2.24, 2.45) is 0 Å². The molecule has 2 aliphatic heterocycles. The van der Waals surface area contributed by atoms with Gasteiger partial charge in [-0.25, -0.2) is 0 Å². The van der Waals surface area contributed by atoms with Crippen molar-refractivity contribution in [3.63, 3.8) is 0 Å². The molecule has 0 saturated heterocycles. The predicted octanol–water partition coefficient (Wildman–Crippen LogP) is 3.68. The molecule has 0 bridgehead atoms. The lowest BCUT2D eigenvalue weighted by molar-refractivity contribution is 0.0559. The van der Waals surface area contributed by atoms with Crippen LogP contribution in [-0.4, -0.2) is 42.5 Å². The lowest BCUT2D eigenvalue weighted by Gasteiger charge is -2.30. The van der Waals surface area contributed by atoms with E-state index in [9.17, 15) is 9.59 Å². The fourth-order valence-electron chi connectivity index (χ4n) is 3.35. The second-order valence-corrected chi connectivity index (χ2v) is 6.42. The summed E-state index contributed by atoms with van der Waals surface area (Å²) < 4.78 is 5.81. The minimum absolute atomic E-state index is 0. The highest BCUT2D eigenvalue weighted by Gasteiger charge is 2.34. The molecule has 144 valence electrons. The maximum absolute atomic E-state index is 12.4. The van der Waals surface area contributed by atoms with Gasteiger partial charge in [-0.1, -0.05) is 42.5 Å². The first-order valence-corrected chi connectivity index (χ1v) is 8.97. The van der Waals surface area contributed by atoms with Crippen LogP contribution in [0, 0.1) is 0 Å². The molecule has 0 aliphatic carbocycles. The summed E-state index contributed by atoms with van der Waals surface area (Å²) >= 11 is 0. The van der Waals surface area contributed by atoms with Crippen LogP contribution in [0.2, 0.25) is 0 Å². The van der Waals surface area contributed by atoms with E-state index in [1.54, 1.807) is 24.3 Å². The second-order valence-electron chi connectivity index (χ2n) is 6.42. The Morgan fingerprint density at radius 3 is 2.18 bits per heavy atom. The Bertz CT molecular complexity index is 876. The lowest BCUT2D eigenvalue weighted by atomic mass is 10.1. The molecule has 2 heterocycles. The van der Waals surface area contributed by atoms with Crippen LogP contribution in [0.15, 0.2) is 79.0 Å². The number of hydrogen-bond acceptors (Lipinski definition) is 4. The summed E-state index contributed by atoms with van der Waals surface area (Å²) in [5.74, 6) is -0.490. The molecule has 4 rings (SSSR count). The van der Waals surface area contributed by atoms with Crippen molar-refractivity contribution in [2.75, 3.05) is 24.7 Å². The molecule has 0 aromatic heterocycles. The van der Waals surface area contributed by atoms with Crippen LogP contribution in [0.3, 0.4) is 0 Å². The number of nitrogens with zero attached hydrogens (tertiary/aromatic N) is 2. The molecule has 2 amide bonds. The minimum Gasteiger partial charge on any atom is -0.377 e. The number of halogens is 1. The van der Waals surface area contributed by atoms with Crippen LogP contribution >= 0.6 is 12.4 Å². The molecule has 28 heavy (non-hydrogen) atoms. The van der Waals surface area contributed by atoms with Gasteiger partial charge >= 0.3 is 0 Å². The van der Waals surface area contributed by atoms with Gasteiger partial charge < -0.3 is 9.64 Å². The highest BCUT2D eigenvalue weighted by Crippen LogP contribution is 2.23. The first kappa shape index (κ1) is 19.9. The Balaban J connectivity index is 0.00000225. The summed E-state index contributed by atoms with van der Waals surface area (Å²) in [6, 6.07) is 17.1. The smallest absolute Gasteiger partial charge is 0.261 e. The summed E-state index contributed by atoms with van der Waals surface area (Å²) in [5.41, 5.74) is 2.03. The zero-order valence-corrected chi connectivity index (χ0v) is 16.0. The summed E-state index contributed by atoms with van der Waals surface area (Å²) in [6.45, 7) is 1.03. The summed E-state index contributed by atoms with van der Waals surface area (Å²) in [6.07, 6.45) is 8.09. The van der Waals surface area contributed by atoms with Crippen LogP contribution < -0.4 is 4.90 Å². The van der Waals surface area contributed by atoms with Gasteiger partial charge in [0.05, 0.1) is 36.9 Å². The van der Waals surface area contributed by atoms with Crippen LogP contribution in [0.4, 0.5) is 5.69 Å².